The average molecular weight is 345 g/mol. The molecule has 0 heterocycles. The molecular formula is C18H33O2PS. The molecule has 0 amide bonds. The molecular weight excluding hydrogens is 311 g/mol. The zero-order valence-corrected chi connectivity index (χ0v) is 15.7. The average Bonchev–Trinajstić information content (AvgIpc) is 2.57. The summed E-state index contributed by atoms with van der Waals surface area (Å²) in [4.78, 5) is 0. The highest BCUT2D eigenvalue weighted by molar-refractivity contribution is 8.53. The van der Waals surface area contributed by atoms with Gasteiger partial charge in [0, 0.05) is 5.25 Å². The smallest absolute Gasteiger partial charge is 0.238 e. The van der Waals surface area contributed by atoms with Gasteiger partial charge in [-0.05, 0) is 38.5 Å². The van der Waals surface area contributed by atoms with Crippen LogP contribution in [0.4, 0.5) is 0 Å². The van der Waals surface area contributed by atoms with E-state index in [0.717, 1.165) is 5.25 Å². The Morgan fingerprint density at radius 3 is 1.41 bits per heavy atom. The van der Waals surface area contributed by atoms with Crippen molar-refractivity contribution in [1.82, 2.24) is 0 Å². The number of hydrogen-bond acceptors (Lipinski definition) is 3. The summed E-state index contributed by atoms with van der Waals surface area (Å²) in [5.74, 6) is 0. The zero-order valence-electron chi connectivity index (χ0n) is 14.0. The zero-order chi connectivity index (χ0) is 15.0. The molecule has 3 fully saturated rings. The van der Waals surface area contributed by atoms with Gasteiger partial charge < -0.3 is 9.05 Å². The van der Waals surface area contributed by atoms with E-state index in [-0.39, 0.29) is 0 Å². The highest BCUT2D eigenvalue weighted by Gasteiger charge is 2.28. The molecule has 0 aromatic rings. The molecule has 128 valence electrons. The van der Waals surface area contributed by atoms with Crippen LogP contribution in [0.1, 0.15) is 96.3 Å². The second kappa shape index (κ2) is 9.87. The van der Waals surface area contributed by atoms with E-state index in [1.807, 2.05) is 0 Å². The van der Waals surface area contributed by atoms with Gasteiger partial charge in [-0.1, -0.05) is 69.2 Å². The molecule has 0 bridgehead atoms. The van der Waals surface area contributed by atoms with Crippen LogP contribution in [0.5, 0.6) is 0 Å². The van der Waals surface area contributed by atoms with Crippen LogP contribution in [0, 0.1) is 0 Å². The van der Waals surface area contributed by atoms with E-state index in [9.17, 15) is 0 Å². The van der Waals surface area contributed by atoms with Crippen molar-refractivity contribution in [2.45, 2.75) is 114 Å². The Balaban J connectivity index is 1.50. The molecule has 0 aromatic heterocycles. The van der Waals surface area contributed by atoms with Crippen LogP contribution in [0.15, 0.2) is 0 Å². The maximum atomic E-state index is 6.50. The molecule has 0 radical (unpaired) electrons. The molecule has 0 saturated heterocycles. The van der Waals surface area contributed by atoms with E-state index in [1.54, 1.807) is 0 Å². The lowest BCUT2D eigenvalue weighted by Crippen LogP contribution is -2.19. The largest absolute Gasteiger partial charge is 0.323 e. The first-order valence-electron chi connectivity index (χ1n) is 9.70. The normalized spacial score (nSPS) is 26.6. The third kappa shape index (κ3) is 5.96. The Labute approximate surface area is 142 Å². The molecule has 0 atom stereocenters. The van der Waals surface area contributed by atoms with Crippen LogP contribution in [0.2, 0.25) is 0 Å². The van der Waals surface area contributed by atoms with Crippen LogP contribution in [-0.2, 0) is 9.05 Å². The highest BCUT2D eigenvalue weighted by Crippen LogP contribution is 2.59. The molecule has 4 heteroatoms. The molecule has 0 aliphatic heterocycles. The van der Waals surface area contributed by atoms with Gasteiger partial charge in [0.2, 0.25) is 7.58 Å². The maximum absolute atomic E-state index is 6.50. The fraction of sp³-hybridized carbons (Fsp3) is 1.00. The summed E-state index contributed by atoms with van der Waals surface area (Å²) < 4.78 is 13.0. The van der Waals surface area contributed by atoms with Gasteiger partial charge in [-0.25, -0.2) is 0 Å². The summed E-state index contributed by atoms with van der Waals surface area (Å²) in [6, 6.07) is 0. The lowest BCUT2D eigenvalue weighted by molar-refractivity contribution is 0.111. The van der Waals surface area contributed by atoms with Crippen molar-refractivity contribution in [2.24, 2.45) is 0 Å². The van der Waals surface area contributed by atoms with E-state index in [2.05, 4.69) is 11.4 Å². The third-order valence-electron chi connectivity index (χ3n) is 5.36. The van der Waals surface area contributed by atoms with Crippen molar-refractivity contribution >= 4 is 19.0 Å². The highest BCUT2D eigenvalue weighted by atomic mass is 32.7. The van der Waals surface area contributed by atoms with Gasteiger partial charge in [0.1, 0.15) is 0 Å². The van der Waals surface area contributed by atoms with Crippen molar-refractivity contribution in [2.75, 3.05) is 0 Å². The van der Waals surface area contributed by atoms with E-state index < -0.39 is 7.58 Å². The molecule has 3 rings (SSSR count). The molecule has 2 nitrogen and oxygen atoms in total. The van der Waals surface area contributed by atoms with E-state index >= 15 is 0 Å². The predicted molar refractivity (Wildman–Crippen MR) is 97.3 cm³/mol. The maximum Gasteiger partial charge on any atom is 0.238 e. The van der Waals surface area contributed by atoms with Gasteiger partial charge >= 0.3 is 0 Å². The van der Waals surface area contributed by atoms with E-state index in [1.165, 1.54) is 96.3 Å². The minimum absolute atomic E-state index is 0.486. The van der Waals surface area contributed by atoms with E-state index in [0.29, 0.717) is 12.2 Å². The van der Waals surface area contributed by atoms with Gasteiger partial charge in [0.25, 0.3) is 0 Å². The van der Waals surface area contributed by atoms with Crippen LogP contribution < -0.4 is 0 Å². The standard InChI is InChI=1S/C18H33O2PS/c1-4-10-16(11-5-1)19-21(20-17-12-6-2-7-13-17)22-18-14-8-3-9-15-18/h16-18H,1-15H2. The molecule has 0 aromatic carbocycles. The van der Waals surface area contributed by atoms with Gasteiger partial charge in [0.05, 0.1) is 12.2 Å². The SMILES string of the molecule is C1CCC(OP(OC2CCCCC2)SC2CCCCC2)CC1. The topological polar surface area (TPSA) is 18.5 Å². The molecule has 3 saturated carbocycles. The Morgan fingerprint density at radius 2 is 0.955 bits per heavy atom. The van der Waals surface area contributed by atoms with Crippen molar-refractivity contribution in [3.8, 4) is 0 Å². The molecule has 0 N–H and O–H groups in total. The molecule has 22 heavy (non-hydrogen) atoms. The van der Waals surface area contributed by atoms with Gasteiger partial charge in [0.15, 0.2) is 0 Å². The number of rotatable bonds is 6. The summed E-state index contributed by atoms with van der Waals surface area (Å²) in [6.07, 6.45) is 21.2. The minimum Gasteiger partial charge on any atom is -0.323 e. The Bertz CT molecular complexity index is 250. The van der Waals surface area contributed by atoms with Crippen LogP contribution in [0.25, 0.3) is 0 Å². The van der Waals surface area contributed by atoms with Crippen molar-refractivity contribution in [3.63, 3.8) is 0 Å². The Kier molecular flexibility index (Phi) is 7.86. The summed E-state index contributed by atoms with van der Waals surface area (Å²) in [5, 5.41) is 0.798. The second-order valence-electron chi connectivity index (χ2n) is 7.32. The van der Waals surface area contributed by atoms with E-state index in [4.69, 9.17) is 9.05 Å². The quantitative estimate of drug-likeness (QED) is 0.484. The van der Waals surface area contributed by atoms with Crippen molar-refractivity contribution in [1.29, 1.82) is 0 Å². The summed E-state index contributed by atoms with van der Waals surface area (Å²) in [5.41, 5.74) is 0. The summed E-state index contributed by atoms with van der Waals surface area (Å²) >= 11 is 2.07. The molecule has 3 aliphatic carbocycles. The lowest BCUT2D eigenvalue weighted by Gasteiger charge is -2.32. The third-order valence-corrected chi connectivity index (χ3v) is 9.17. The first-order valence-corrected chi connectivity index (χ1v) is 12.4. The first-order chi connectivity index (χ1) is 10.9. The Hall–Kier alpha value is 0.700. The van der Waals surface area contributed by atoms with Crippen molar-refractivity contribution < 1.29 is 9.05 Å². The Morgan fingerprint density at radius 1 is 0.545 bits per heavy atom. The van der Waals surface area contributed by atoms with Gasteiger partial charge in [-0.3, -0.25) is 0 Å². The summed E-state index contributed by atoms with van der Waals surface area (Å²) in [7, 11) is -0.713. The van der Waals surface area contributed by atoms with Crippen LogP contribution in [-0.4, -0.2) is 17.5 Å². The summed E-state index contributed by atoms with van der Waals surface area (Å²) in [6.45, 7) is 0. The first kappa shape index (κ1) is 17.5. The van der Waals surface area contributed by atoms with Crippen molar-refractivity contribution in [3.05, 3.63) is 0 Å². The fourth-order valence-electron chi connectivity index (χ4n) is 3.95. The fourth-order valence-corrected chi connectivity index (χ4v) is 8.19. The molecule has 3 aliphatic rings. The van der Waals surface area contributed by atoms with Crippen LogP contribution >= 0.6 is 19.0 Å². The van der Waals surface area contributed by atoms with Gasteiger partial charge in [-0.2, -0.15) is 0 Å². The minimum atomic E-state index is -0.713. The molecule has 0 spiro atoms. The second-order valence-corrected chi connectivity index (χ2v) is 10.6. The van der Waals surface area contributed by atoms with Gasteiger partial charge in [-0.15, -0.1) is 0 Å². The lowest BCUT2D eigenvalue weighted by atomic mass is 9.98. The van der Waals surface area contributed by atoms with Crippen LogP contribution in [0.3, 0.4) is 0 Å². The number of hydrogen-bond donors (Lipinski definition) is 0. The monoisotopic (exact) mass is 344 g/mol. The molecule has 0 unspecified atom stereocenters. The predicted octanol–water partition coefficient (Wildman–Crippen LogP) is 6.98.